The molecular formula is C27H36O2Si3. The highest BCUT2D eigenvalue weighted by molar-refractivity contribution is 7.15. The molecule has 0 fully saturated rings. The molecule has 0 aliphatic carbocycles. The second-order valence-corrected chi connectivity index (χ2v) is 20.3. The standard InChI is InChI=1S/C27H36O2Si3/c1-6-31(7-2,29-30(4,5)28-3)23-24-32(25-17-11-8-12-18-25,26-19-13-9-14-20-26)27-21-15-10-16-22-27/h8-24H,6-7H2,1-5H3. The second-order valence-electron chi connectivity index (χ2n) is 8.72. The molecule has 5 heteroatoms. The predicted molar refractivity (Wildman–Crippen MR) is 145 cm³/mol. The predicted octanol–water partition coefficient (Wildman–Crippen LogP) is 5.14. The molecule has 0 amide bonds. The van der Waals surface area contributed by atoms with Crippen LogP contribution in [-0.4, -0.2) is 32.1 Å². The monoisotopic (exact) mass is 476 g/mol. The molecule has 0 bridgehead atoms. The van der Waals surface area contributed by atoms with Crippen LogP contribution in [0.3, 0.4) is 0 Å². The van der Waals surface area contributed by atoms with Crippen LogP contribution < -0.4 is 15.6 Å². The van der Waals surface area contributed by atoms with E-state index in [1.54, 1.807) is 7.11 Å². The van der Waals surface area contributed by atoms with E-state index in [0.717, 1.165) is 12.1 Å². The van der Waals surface area contributed by atoms with Gasteiger partial charge in [0.2, 0.25) is 8.32 Å². The second kappa shape index (κ2) is 10.7. The first-order valence-corrected chi connectivity index (χ1v) is 18.8. The molecule has 0 aromatic heterocycles. The van der Waals surface area contributed by atoms with Gasteiger partial charge < -0.3 is 8.54 Å². The van der Waals surface area contributed by atoms with Crippen LogP contribution in [-0.2, 0) is 8.54 Å². The van der Waals surface area contributed by atoms with E-state index in [1.807, 2.05) is 0 Å². The molecule has 0 saturated carbocycles. The van der Waals surface area contributed by atoms with E-state index >= 15 is 0 Å². The molecule has 3 aromatic rings. The third-order valence-corrected chi connectivity index (χ3v) is 18.9. The number of benzene rings is 3. The highest BCUT2D eigenvalue weighted by Crippen LogP contribution is 2.25. The average Bonchev–Trinajstić information content (AvgIpc) is 2.85. The van der Waals surface area contributed by atoms with E-state index in [9.17, 15) is 0 Å². The van der Waals surface area contributed by atoms with Crippen LogP contribution in [0.25, 0.3) is 0 Å². The van der Waals surface area contributed by atoms with Crippen LogP contribution in [0.5, 0.6) is 0 Å². The lowest BCUT2D eigenvalue weighted by atomic mass is 10.3. The lowest BCUT2D eigenvalue weighted by Crippen LogP contribution is -2.66. The molecule has 0 heterocycles. The van der Waals surface area contributed by atoms with Crippen LogP contribution in [0.4, 0.5) is 0 Å². The van der Waals surface area contributed by atoms with Crippen LogP contribution in [0.15, 0.2) is 102 Å². The zero-order chi connectivity index (χ0) is 23.1. The highest BCUT2D eigenvalue weighted by Gasteiger charge is 2.41. The van der Waals surface area contributed by atoms with Crippen LogP contribution in [0.2, 0.25) is 25.2 Å². The Balaban J connectivity index is 2.27. The van der Waals surface area contributed by atoms with Crippen molar-refractivity contribution in [3.05, 3.63) is 102 Å². The van der Waals surface area contributed by atoms with Gasteiger partial charge in [-0.2, -0.15) is 0 Å². The maximum absolute atomic E-state index is 6.87. The van der Waals surface area contributed by atoms with Crippen molar-refractivity contribution in [3.8, 4) is 0 Å². The summed E-state index contributed by atoms with van der Waals surface area (Å²) in [6, 6.07) is 35.2. The van der Waals surface area contributed by atoms with E-state index < -0.39 is 25.0 Å². The van der Waals surface area contributed by atoms with Crippen molar-refractivity contribution in [1.29, 1.82) is 0 Å². The smallest absolute Gasteiger partial charge is 0.321 e. The first kappa shape index (κ1) is 24.6. The van der Waals surface area contributed by atoms with Crippen molar-refractivity contribution >= 4 is 40.5 Å². The third-order valence-electron chi connectivity index (χ3n) is 6.46. The van der Waals surface area contributed by atoms with E-state index in [0.29, 0.717) is 0 Å². The van der Waals surface area contributed by atoms with Crippen LogP contribution in [0, 0.1) is 0 Å². The highest BCUT2D eigenvalue weighted by atomic mass is 28.4. The Hall–Kier alpha value is -2.03. The lowest BCUT2D eigenvalue weighted by Gasteiger charge is -2.36. The molecule has 3 rings (SSSR count). The van der Waals surface area contributed by atoms with E-state index in [2.05, 4.69) is 129 Å². The van der Waals surface area contributed by atoms with Crippen molar-refractivity contribution in [2.75, 3.05) is 7.11 Å². The largest absolute Gasteiger partial charge is 0.432 e. The maximum Gasteiger partial charge on any atom is 0.321 e. The maximum atomic E-state index is 6.87. The summed E-state index contributed by atoms with van der Waals surface area (Å²) in [7, 11) is -4.89. The Morgan fingerprint density at radius 1 is 0.625 bits per heavy atom. The molecule has 2 nitrogen and oxygen atoms in total. The van der Waals surface area contributed by atoms with Gasteiger partial charge in [0, 0.05) is 7.11 Å². The minimum absolute atomic E-state index is 1.04. The summed E-state index contributed by atoms with van der Waals surface area (Å²) in [4.78, 5) is 0. The Morgan fingerprint density at radius 2 is 1.00 bits per heavy atom. The zero-order valence-corrected chi connectivity index (χ0v) is 23.0. The molecule has 0 saturated heterocycles. The van der Waals surface area contributed by atoms with Gasteiger partial charge in [-0.25, -0.2) is 0 Å². The Morgan fingerprint density at radius 3 is 1.31 bits per heavy atom. The summed E-state index contributed by atoms with van der Waals surface area (Å²) in [5.41, 5.74) is 5.06. The van der Waals surface area contributed by atoms with E-state index in [-0.39, 0.29) is 0 Å². The van der Waals surface area contributed by atoms with Crippen LogP contribution in [0.1, 0.15) is 13.8 Å². The molecule has 3 aromatic carbocycles. The van der Waals surface area contributed by atoms with Gasteiger partial charge in [0.15, 0.2) is 8.07 Å². The fourth-order valence-electron chi connectivity index (χ4n) is 4.36. The van der Waals surface area contributed by atoms with Gasteiger partial charge in [-0.15, -0.1) is 0 Å². The Labute approximate surface area is 197 Å². The number of hydrogen-bond donors (Lipinski definition) is 0. The van der Waals surface area contributed by atoms with Gasteiger partial charge in [-0.05, 0) is 40.7 Å². The van der Waals surface area contributed by atoms with Crippen molar-refractivity contribution in [3.63, 3.8) is 0 Å². The minimum atomic E-state index is -2.40. The quantitative estimate of drug-likeness (QED) is 0.298. The third kappa shape index (κ3) is 5.30. The van der Waals surface area contributed by atoms with Gasteiger partial charge >= 0.3 is 8.56 Å². The van der Waals surface area contributed by atoms with Gasteiger partial charge in [0.1, 0.15) is 0 Å². The molecule has 168 valence electrons. The van der Waals surface area contributed by atoms with Gasteiger partial charge in [-0.3, -0.25) is 0 Å². The van der Waals surface area contributed by atoms with E-state index in [4.69, 9.17) is 8.54 Å². The minimum Gasteiger partial charge on any atom is -0.432 e. The summed E-state index contributed by atoms with van der Waals surface area (Å²) in [6.45, 7) is 8.86. The van der Waals surface area contributed by atoms with E-state index in [1.165, 1.54) is 15.6 Å². The molecule has 0 aliphatic heterocycles. The van der Waals surface area contributed by atoms with Crippen molar-refractivity contribution in [2.45, 2.75) is 39.0 Å². The Kier molecular flexibility index (Phi) is 8.25. The first-order chi connectivity index (χ1) is 15.4. The first-order valence-electron chi connectivity index (χ1n) is 11.5. The van der Waals surface area contributed by atoms with Gasteiger partial charge in [0.25, 0.3) is 0 Å². The summed E-state index contributed by atoms with van der Waals surface area (Å²) >= 11 is 0. The SMILES string of the molecule is CC[Si](C=C[Si](c1ccccc1)(c1ccccc1)c1ccccc1)(CC)O[Si](C)(C)OC. The summed E-state index contributed by atoms with van der Waals surface area (Å²) in [5, 5.41) is 4.19. The van der Waals surface area contributed by atoms with Gasteiger partial charge in [-0.1, -0.05) is 116 Å². The van der Waals surface area contributed by atoms with Crippen molar-refractivity contribution in [1.82, 2.24) is 0 Å². The number of hydrogen-bond acceptors (Lipinski definition) is 2. The molecule has 32 heavy (non-hydrogen) atoms. The van der Waals surface area contributed by atoms with Crippen molar-refractivity contribution < 1.29 is 8.54 Å². The summed E-state index contributed by atoms with van der Waals surface area (Å²) < 4.78 is 12.7. The molecule has 0 unspecified atom stereocenters. The fourth-order valence-corrected chi connectivity index (χ4v) is 17.0. The molecular weight excluding hydrogens is 441 g/mol. The molecule has 0 atom stereocenters. The van der Waals surface area contributed by atoms with Gasteiger partial charge in [0.05, 0.1) is 0 Å². The molecule has 0 radical (unpaired) electrons. The summed E-state index contributed by atoms with van der Waals surface area (Å²) in [6.07, 6.45) is 0. The van der Waals surface area contributed by atoms with Crippen molar-refractivity contribution in [2.24, 2.45) is 0 Å². The number of rotatable bonds is 10. The molecule has 0 spiro atoms. The molecule has 0 aliphatic rings. The lowest BCUT2D eigenvalue weighted by molar-refractivity contribution is 0.310. The zero-order valence-electron chi connectivity index (χ0n) is 20.0. The molecule has 0 N–H and O–H groups in total. The average molecular weight is 477 g/mol. The Bertz CT molecular complexity index is 889. The topological polar surface area (TPSA) is 18.5 Å². The van der Waals surface area contributed by atoms with Crippen LogP contribution >= 0.6 is 0 Å². The fraction of sp³-hybridized carbons (Fsp3) is 0.259. The summed E-state index contributed by atoms with van der Waals surface area (Å²) in [5.74, 6) is 0. The normalized spacial score (nSPS) is 12.9.